The van der Waals surface area contributed by atoms with Gasteiger partial charge in [0.1, 0.15) is 5.54 Å². The highest BCUT2D eigenvalue weighted by atomic mass is 16.4. The maximum Gasteiger partial charge on any atom is 0.323 e. The summed E-state index contributed by atoms with van der Waals surface area (Å²) in [6.45, 7) is 8.54. The first-order valence-electron chi connectivity index (χ1n) is 8.72. The molecule has 122 valence electrons. The van der Waals surface area contributed by atoms with Gasteiger partial charge in [-0.2, -0.15) is 0 Å². The number of hydrogen-bond donors (Lipinski definition) is 2. The van der Waals surface area contributed by atoms with Crippen molar-refractivity contribution in [1.82, 2.24) is 10.2 Å². The first-order valence-corrected chi connectivity index (χ1v) is 8.72. The lowest BCUT2D eigenvalue weighted by Gasteiger charge is -2.44. The Morgan fingerprint density at radius 1 is 1.38 bits per heavy atom. The van der Waals surface area contributed by atoms with E-state index in [2.05, 4.69) is 31.0 Å². The molecule has 0 amide bonds. The van der Waals surface area contributed by atoms with Crippen molar-refractivity contribution in [2.75, 3.05) is 13.1 Å². The zero-order valence-electron chi connectivity index (χ0n) is 13.9. The Bertz CT molecular complexity index is 355. The molecule has 4 nitrogen and oxygen atoms in total. The molecular weight excluding hydrogens is 264 g/mol. The van der Waals surface area contributed by atoms with Gasteiger partial charge in [0, 0.05) is 18.6 Å². The van der Waals surface area contributed by atoms with E-state index in [1.165, 1.54) is 12.8 Å². The van der Waals surface area contributed by atoms with Gasteiger partial charge in [-0.1, -0.05) is 6.92 Å². The number of carboxylic acids is 1. The van der Waals surface area contributed by atoms with Crippen LogP contribution in [0.25, 0.3) is 0 Å². The van der Waals surface area contributed by atoms with Crippen LogP contribution in [0, 0.1) is 5.92 Å². The highest BCUT2D eigenvalue weighted by Crippen LogP contribution is 2.36. The molecule has 0 aromatic heterocycles. The predicted octanol–water partition coefficient (Wildman–Crippen LogP) is 2.87. The molecule has 2 fully saturated rings. The van der Waals surface area contributed by atoms with Crippen LogP contribution in [0.5, 0.6) is 0 Å². The van der Waals surface area contributed by atoms with Crippen LogP contribution in [0.2, 0.25) is 0 Å². The van der Waals surface area contributed by atoms with Crippen LogP contribution in [-0.2, 0) is 4.79 Å². The second-order valence-corrected chi connectivity index (χ2v) is 7.30. The lowest BCUT2D eigenvalue weighted by atomic mass is 9.77. The van der Waals surface area contributed by atoms with Crippen molar-refractivity contribution in [2.24, 2.45) is 5.92 Å². The van der Waals surface area contributed by atoms with E-state index in [-0.39, 0.29) is 0 Å². The van der Waals surface area contributed by atoms with Gasteiger partial charge < -0.3 is 10.4 Å². The van der Waals surface area contributed by atoms with E-state index in [9.17, 15) is 9.90 Å². The summed E-state index contributed by atoms with van der Waals surface area (Å²) in [6, 6.07) is 0.922. The topological polar surface area (TPSA) is 52.6 Å². The average molecular weight is 296 g/mol. The van der Waals surface area contributed by atoms with Crippen molar-refractivity contribution in [1.29, 1.82) is 0 Å². The van der Waals surface area contributed by atoms with Crippen LogP contribution in [0.1, 0.15) is 65.7 Å². The van der Waals surface area contributed by atoms with E-state index in [0.717, 1.165) is 51.1 Å². The molecule has 2 aliphatic carbocycles. The SMILES string of the molecule is CCCNC1(C(=O)O)CCCC(N(CC2CC2)C(C)C)C1. The predicted molar refractivity (Wildman–Crippen MR) is 85.5 cm³/mol. The van der Waals surface area contributed by atoms with Crippen molar-refractivity contribution in [2.45, 2.75) is 83.3 Å². The summed E-state index contributed by atoms with van der Waals surface area (Å²) < 4.78 is 0. The Balaban J connectivity index is 2.06. The molecule has 0 saturated heterocycles. The van der Waals surface area contributed by atoms with E-state index >= 15 is 0 Å². The first-order chi connectivity index (χ1) is 9.98. The summed E-state index contributed by atoms with van der Waals surface area (Å²) in [4.78, 5) is 14.4. The number of nitrogens with one attached hydrogen (secondary N) is 1. The van der Waals surface area contributed by atoms with Gasteiger partial charge >= 0.3 is 5.97 Å². The minimum Gasteiger partial charge on any atom is -0.480 e. The molecule has 2 N–H and O–H groups in total. The van der Waals surface area contributed by atoms with Crippen LogP contribution in [0.15, 0.2) is 0 Å². The fourth-order valence-corrected chi connectivity index (χ4v) is 3.70. The molecule has 2 unspecified atom stereocenters. The van der Waals surface area contributed by atoms with Gasteiger partial charge in [0.15, 0.2) is 0 Å². The van der Waals surface area contributed by atoms with Gasteiger partial charge in [-0.25, -0.2) is 0 Å². The molecule has 2 aliphatic rings. The molecule has 0 bridgehead atoms. The monoisotopic (exact) mass is 296 g/mol. The van der Waals surface area contributed by atoms with Crippen LogP contribution in [0.4, 0.5) is 0 Å². The highest BCUT2D eigenvalue weighted by molar-refractivity contribution is 5.79. The smallest absolute Gasteiger partial charge is 0.323 e. The van der Waals surface area contributed by atoms with Crippen molar-refractivity contribution in [3.63, 3.8) is 0 Å². The Kier molecular flexibility index (Phi) is 5.67. The molecule has 4 heteroatoms. The van der Waals surface area contributed by atoms with Crippen molar-refractivity contribution in [3.8, 4) is 0 Å². The number of carboxylic acid groups (broad SMARTS) is 1. The number of aliphatic carboxylic acids is 1. The molecule has 0 aromatic rings. The zero-order chi connectivity index (χ0) is 15.5. The summed E-state index contributed by atoms with van der Waals surface area (Å²) in [7, 11) is 0. The molecule has 2 rings (SSSR count). The van der Waals surface area contributed by atoms with E-state index < -0.39 is 11.5 Å². The molecular formula is C17H32N2O2. The fraction of sp³-hybridized carbons (Fsp3) is 0.941. The second kappa shape index (κ2) is 7.10. The van der Waals surface area contributed by atoms with Crippen molar-refractivity contribution < 1.29 is 9.90 Å². The quantitative estimate of drug-likeness (QED) is 0.723. The molecule has 0 aliphatic heterocycles. The third kappa shape index (κ3) is 4.19. The van der Waals surface area contributed by atoms with Crippen LogP contribution in [-0.4, -0.2) is 46.7 Å². The summed E-state index contributed by atoms with van der Waals surface area (Å²) >= 11 is 0. The van der Waals surface area contributed by atoms with E-state index in [0.29, 0.717) is 12.1 Å². The van der Waals surface area contributed by atoms with E-state index in [4.69, 9.17) is 0 Å². The van der Waals surface area contributed by atoms with E-state index in [1.54, 1.807) is 0 Å². The van der Waals surface area contributed by atoms with Gasteiger partial charge in [0.2, 0.25) is 0 Å². The van der Waals surface area contributed by atoms with Crippen LogP contribution in [0.3, 0.4) is 0 Å². The van der Waals surface area contributed by atoms with Gasteiger partial charge in [0.05, 0.1) is 0 Å². The Labute approximate surface area is 129 Å². The summed E-state index contributed by atoms with van der Waals surface area (Å²) in [5.74, 6) is 0.202. The molecule has 0 spiro atoms. The zero-order valence-corrected chi connectivity index (χ0v) is 13.9. The van der Waals surface area contributed by atoms with Crippen LogP contribution >= 0.6 is 0 Å². The lowest BCUT2D eigenvalue weighted by molar-refractivity contribution is -0.147. The maximum absolute atomic E-state index is 11.9. The minimum atomic E-state index is -0.699. The molecule has 0 radical (unpaired) electrons. The molecule has 0 heterocycles. The Morgan fingerprint density at radius 2 is 2.10 bits per heavy atom. The summed E-state index contributed by atoms with van der Waals surface area (Å²) in [5, 5.41) is 13.1. The van der Waals surface area contributed by atoms with E-state index in [1.807, 2.05) is 0 Å². The largest absolute Gasteiger partial charge is 0.480 e. The second-order valence-electron chi connectivity index (χ2n) is 7.30. The standard InChI is InChI=1S/C17H32N2O2/c1-4-10-18-17(16(20)21)9-5-6-15(11-17)19(13(2)3)12-14-7-8-14/h13-15,18H,4-12H2,1-3H3,(H,20,21). The Morgan fingerprint density at radius 3 is 2.62 bits per heavy atom. The van der Waals surface area contributed by atoms with Crippen molar-refractivity contribution in [3.05, 3.63) is 0 Å². The first kappa shape index (κ1) is 16.8. The highest BCUT2D eigenvalue weighted by Gasteiger charge is 2.44. The van der Waals surface area contributed by atoms with Crippen molar-refractivity contribution >= 4 is 5.97 Å². The van der Waals surface area contributed by atoms with Crippen LogP contribution < -0.4 is 5.32 Å². The number of hydrogen-bond acceptors (Lipinski definition) is 3. The third-order valence-electron chi connectivity index (χ3n) is 5.15. The molecule has 2 saturated carbocycles. The van der Waals surface area contributed by atoms with Gasteiger partial charge in [-0.15, -0.1) is 0 Å². The number of nitrogens with zero attached hydrogens (tertiary/aromatic N) is 1. The van der Waals surface area contributed by atoms with Gasteiger partial charge in [-0.3, -0.25) is 9.69 Å². The van der Waals surface area contributed by atoms with Gasteiger partial charge in [0.25, 0.3) is 0 Å². The maximum atomic E-state index is 11.9. The molecule has 0 aromatic carbocycles. The average Bonchev–Trinajstić information content (AvgIpc) is 3.26. The fourth-order valence-electron chi connectivity index (χ4n) is 3.70. The molecule has 2 atom stereocenters. The normalized spacial score (nSPS) is 30.0. The number of rotatable bonds is 8. The lowest BCUT2D eigenvalue weighted by Crippen LogP contribution is -2.59. The van der Waals surface area contributed by atoms with Gasteiger partial charge in [-0.05, 0) is 71.3 Å². The molecule has 21 heavy (non-hydrogen) atoms. The summed E-state index contributed by atoms with van der Waals surface area (Å²) in [6.07, 6.45) is 7.38. The number of carbonyl (C=O) groups is 1. The summed E-state index contributed by atoms with van der Waals surface area (Å²) in [5.41, 5.74) is -0.699. The minimum absolute atomic E-state index is 0.416. The Hall–Kier alpha value is -0.610. The third-order valence-corrected chi connectivity index (χ3v) is 5.15.